The molecule has 0 spiro atoms. The number of ketones is 1. The van der Waals surface area contributed by atoms with Crippen LogP contribution in [0.15, 0.2) is 29.2 Å². The van der Waals surface area contributed by atoms with Crippen molar-refractivity contribution in [1.82, 2.24) is 4.57 Å². The molecule has 27 heavy (non-hydrogen) atoms. The van der Waals surface area contributed by atoms with Crippen LogP contribution in [0.1, 0.15) is 54.4 Å². The highest BCUT2D eigenvalue weighted by Crippen LogP contribution is 2.32. The summed E-state index contributed by atoms with van der Waals surface area (Å²) >= 11 is 0. The lowest BCUT2D eigenvalue weighted by atomic mass is 9.86. The zero-order chi connectivity index (χ0) is 19.0. The topological polar surface area (TPSA) is 48.3 Å². The van der Waals surface area contributed by atoms with Crippen LogP contribution in [0.3, 0.4) is 0 Å². The number of ether oxygens (including phenoxy) is 1. The number of aryl methyl sites for hydroxylation is 3. The van der Waals surface area contributed by atoms with Gasteiger partial charge in [0.25, 0.3) is 5.56 Å². The molecule has 0 bridgehead atoms. The largest absolute Gasteiger partial charge is 0.374 e. The first-order valence-corrected chi connectivity index (χ1v) is 9.97. The molecule has 0 amide bonds. The summed E-state index contributed by atoms with van der Waals surface area (Å²) in [6, 6.07) is 6.33. The van der Waals surface area contributed by atoms with Crippen LogP contribution in [0.25, 0.3) is 11.1 Å². The van der Waals surface area contributed by atoms with Crippen molar-refractivity contribution in [3.05, 3.63) is 57.0 Å². The first-order valence-electron chi connectivity index (χ1n) is 9.97. The van der Waals surface area contributed by atoms with Gasteiger partial charge in [-0.1, -0.05) is 25.0 Å². The second-order valence-corrected chi connectivity index (χ2v) is 8.04. The van der Waals surface area contributed by atoms with Crippen LogP contribution >= 0.6 is 0 Å². The lowest BCUT2D eigenvalue weighted by molar-refractivity contribution is -0.118. The number of Topliss-reactive ketones (excluding diaryl/α,β-unsaturated/α-hetero) is 1. The molecule has 0 aliphatic heterocycles. The van der Waals surface area contributed by atoms with E-state index in [4.69, 9.17) is 4.74 Å². The average Bonchev–Trinajstić information content (AvgIpc) is 3.17. The van der Waals surface area contributed by atoms with Crippen molar-refractivity contribution < 1.29 is 9.53 Å². The van der Waals surface area contributed by atoms with Gasteiger partial charge in [0.2, 0.25) is 0 Å². The molecule has 0 saturated heterocycles. The number of benzene rings is 1. The van der Waals surface area contributed by atoms with Crippen LogP contribution in [0.5, 0.6) is 0 Å². The van der Waals surface area contributed by atoms with Gasteiger partial charge in [0.05, 0.1) is 12.7 Å². The first kappa shape index (κ1) is 18.2. The Kier molecular flexibility index (Phi) is 5.00. The van der Waals surface area contributed by atoms with Crippen LogP contribution in [0, 0.1) is 6.92 Å². The summed E-state index contributed by atoms with van der Waals surface area (Å²) in [6.07, 6.45) is 9.01. The third-order valence-corrected chi connectivity index (χ3v) is 5.94. The lowest BCUT2D eigenvalue weighted by Crippen LogP contribution is -2.19. The summed E-state index contributed by atoms with van der Waals surface area (Å²) in [6.45, 7) is 2.44. The van der Waals surface area contributed by atoms with Gasteiger partial charge in [-0.2, -0.15) is 0 Å². The smallest absolute Gasteiger partial charge is 0.253 e. The van der Waals surface area contributed by atoms with Gasteiger partial charge in [0.15, 0.2) is 0 Å². The van der Waals surface area contributed by atoms with Crippen molar-refractivity contribution in [2.24, 2.45) is 7.05 Å². The summed E-state index contributed by atoms with van der Waals surface area (Å²) in [5.74, 6) is 0.306. The van der Waals surface area contributed by atoms with Crippen LogP contribution < -0.4 is 5.56 Å². The second kappa shape index (κ2) is 7.43. The molecule has 1 heterocycles. The van der Waals surface area contributed by atoms with E-state index in [1.165, 1.54) is 18.4 Å². The van der Waals surface area contributed by atoms with Crippen molar-refractivity contribution in [1.29, 1.82) is 0 Å². The molecule has 4 nitrogen and oxygen atoms in total. The van der Waals surface area contributed by atoms with E-state index < -0.39 is 0 Å². The Bertz CT molecular complexity index is 909. The monoisotopic (exact) mass is 365 g/mol. The van der Waals surface area contributed by atoms with E-state index in [0.717, 1.165) is 47.1 Å². The standard InChI is InChI=1S/C23H27NO3/c1-15-9-18(13-24(2)23(15)26)22-12-17-11-20(25)8-7-16(17)10-19(22)14-27-21-5-3-4-6-21/h9-10,12-13,21H,3-8,11,14H2,1-2H3. The number of fused-ring (bicyclic) bond motifs is 1. The fraction of sp³-hybridized carbons (Fsp3) is 0.478. The predicted octanol–water partition coefficient (Wildman–Crippen LogP) is 3.88. The Balaban J connectivity index is 1.75. The predicted molar refractivity (Wildman–Crippen MR) is 106 cm³/mol. The third kappa shape index (κ3) is 3.77. The maximum absolute atomic E-state index is 12.1. The Morgan fingerprint density at radius 2 is 1.85 bits per heavy atom. The number of hydrogen-bond acceptors (Lipinski definition) is 3. The molecule has 2 aliphatic rings. The van der Waals surface area contributed by atoms with Gasteiger partial charge in [-0.15, -0.1) is 0 Å². The fourth-order valence-corrected chi connectivity index (χ4v) is 4.39. The van der Waals surface area contributed by atoms with Crippen molar-refractivity contribution in [3.63, 3.8) is 0 Å². The van der Waals surface area contributed by atoms with Crippen molar-refractivity contribution in [2.75, 3.05) is 0 Å². The highest BCUT2D eigenvalue weighted by Gasteiger charge is 2.21. The quantitative estimate of drug-likeness (QED) is 0.826. The SMILES string of the molecule is Cc1cc(-c2cc3c(cc2COC2CCCC2)CCC(=O)C3)cn(C)c1=O. The molecule has 1 fully saturated rings. The van der Waals surface area contributed by atoms with Crippen LogP contribution in [0.2, 0.25) is 0 Å². The van der Waals surface area contributed by atoms with Gasteiger partial charge in [0, 0.05) is 31.6 Å². The number of rotatable bonds is 4. The van der Waals surface area contributed by atoms with Gasteiger partial charge in [-0.3, -0.25) is 9.59 Å². The van der Waals surface area contributed by atoms with Gasteiger partial charge in [0.1, 0.15) is 5.78 Å². The van der Waals surface area contributed by atoms with E-state index in [0.29, 0.717) is 31.3 Å². The van der Waals surface area contributed by atoms with E-state index in [1.54, 1.807) is 11.6 Å². The Morgan fingerprint density at radius 3 is 2.59 bits per heavy atom. The number of carbonyl (C=O) groups is 1. The van der Waals surface area contributed by atoms with Crippen LogP contribution in [-0.2, 0) is 36.0 Å². The Hall–Kier alpha value is -2.20. The Morgan fingerprint density at radius 1 is 1.07 bits per heavy atom. The van der Waals surface area contributed by atoms with Crippen LogP contribution in [0.4, 0.5) is 0 Å². The number of carbonyl (C=O) groups excluding carboxylic acids is 1. The minimum atomic E-state index is 0.0237. The molecule has 1 saturated carbocycles. The molecule has 1 aromatic heterocycles. The summed E-state index contributed by atoms with van der Waals surface area (Å²) in [5, 5.41) is 0. The Labute approximate surface area is 160 Å². The summed E-state index contributed by atoms with van der Waals surface area (Å²) in [5.41, 5.74) is 6.40. The van der Waals surface area contributed by atoms with Crippen molar-refractivity contribution in [3.8, 4) is 11.1 Å². The number of aromatic nitrogens is 1. The zero-order valence-corrected chi connectivity index (χ0v) is 16.2. The highest BCUT2D eigenvalue weighted by atomic mass is 16.5. The minimum Gasteiger partial charge on any atom is -0.374 e. The summed E-state index contributed by atoms with van der Waals surface area (Å²) in [4.78, 5) is 24.0. The van der Waals surface area contributed by atoms with E-state index in [2.05, 4.69) is 12.1 Å². The second-order valence-electron chi connectivity index (χ2n) is 8.04. The lowest BCUT2D eigenvalue weighted by Gasteiger charge is -2.21. The summed E-state index contributed by atoms with van der Waals surface area (Å²) in [7, 11) is 1.79. The van der Waals surface area contributed by atoms with E-state index >= 15 is 0 Å². The third-order valence-electron chi connectivity index (χ3n) is 5.94. The van der Waals surface area contributed by atoms with E-state index in [1.807, 2.05) is 19.2 Å². The molecule has 4 rings (SSSR count). The molecular weight excluding hydrogens is 338 g/mol. The van der Waals surface area contributed by atoms with Gasteiger partial charge in [-0.05, 0) is 60.1 Å². The molecule has 2 aromatic rings. The summed E-state index contributed by atoms with van der Waals surface area (Å²) < 4.78 is 7.85. The molecule has 2 aliphatic carbocycles. The average molecular weight is 365 g/mol. The molecule has 0 radical (unpaired) electrons. The van der Waals surface area contributed by atoms with E-state index in [9.17, 15) is 9.59 Å². The molecule has 4 heteroatoms. The molecule has 0 N–H and O–H groups in total. The van der Waals surface area contributed by atoms with Crippen molar-refractivity contribution in [2.45, 2.75) is 64.6 Å². The highest BCUT2D eigenvalue weighted by molar-refractivity contribution is 5.84. The number of nitrogens with zero attached hydrogens (tertiary/aromatic N) is 1. The van der Waals surface area contributed by atoms with Gasteiger partial charge in [-0.25, -0.2) is 0 Å². The number of pyridine rings is 1. The molecule has 1 aromatic carbocycles. The molecule has 0 atom stereocenters. The van der Waals surface area contributed by atoms with Crippen molar-refractivity contribution >= 4 is 5.78 Å². The zero-order valence-electron chi connectivity index (χ0n) is 16.2. The maximum atomic E-state index is 12.1. The van der Waals surface area contributed by atoms with Gasteiger partial charge >= 0.3 is 0 Å². The maximum Gasteiger partial charge on any atom is 0.253 e. The molecule has 0 unspecified atom stereocenters. The number of hydrogen-bond donors (Lipinski definition) is 0. The minimum absolute atomic E-state index is 0.0237. The van der Waals surface area contributed by atoms with Crippen LogP contribution in [-0.4, -0.2) is 16.5 Å². The first-order chi connectivity index (χ1) is 13.0. The van der Waals surface area contributed by atoms with E-state index in [-0.39, 0.29) is 5.56 Å². The normalized spacial score (nSPS) is 17.3. The fourth-order valence-electron chi connectivity index (χ4n) is 4.39. The molecule has 142 valence electrons. The molecular formula is C23H27NO3. The van der Waals surface area contributed by atoms with Gasteiger partial charge < -0.3 is 9.30 Å².